The Hall–Kier alpha value is -1.42. The monoisotopic (exact) mass is 254 g/mol. The summed E-state index contributed by atoms with van der Waals surface area (Å²) in [4.78, 5) is 11.6. The maximum atomic E-state index is 11.6. The van der Waals surface area contributed by atoms with Gasteiger partial charge in [-0.05, 0) is 31.4 Å². The molecule has 0 unspecified atom stereocenters. The third-order valence-corrected chi connectivity index (χ3v) is 3.05. The lowest BCUT2D eigenvalue weighted by atomic mass is 10.2. The molecular formula is C12H15ClN2O2. The Morgan fingerprint density at radius 2 is 2.18 bits per heavy atom. The molecular weight excluding hydrogens is 240 g/mol. The van der Waals surface area contributed by atoms with Crippen LogP contribution in [0.2, 0.25) is 5.02 Å². The first-order valence-corrected chi connectivity index (χ1v) is 5.89. The van der Waals surface area contributed by atoms with Gasteiger partial charge in [0, 0.05) is 17.1 Å². The SMILES string of the molecule is COc1cc(Cl)c(C)cc1NC(=O)NC1CC1. The summed E-state index contributed by atoms with van der Waals surface area (Å²) in [5.74, 6) is 0.562. The van der Waals surface area contributed by atoms with Crippen molar-refractivity contribution < 1.29 is 9.53 Å². The highest BCUT2D eigenvalue weighted by atomic mass is 35.5. The summed E-state index contributed by atoms with van der Waals surface area (Å²) in [5, 5.41) is 6.24. The number of ether oxygens (including phenoxy) is 1. The molecule has 92 valence electrons. The summed E-state index contributed by atoms with van der Waals surface area (Å²) < 4.78 is 5.18. The largest absolute Gasteiger partial charge is 0.495 e. The number of urea groups is 1. The number of rotatable bonds is 3. The number of nitrogens with one attached hydrogen (secondary N) is 2. The maximum absolute atomic E-state index is 11.6. The molecule has 0 aromatic heterocycles. The Balaban J connectivity index is 2.12. The normalized spacial score (nSPS) is 14.3. The van der Waals surface area contributed by atoms with Crippen molar-refractivity contribution >= 4 is 23.3 Å². The first-order chi connectivity index (χ1) is 8.10. The standard InChI is InChI=1S/C12H15ClN2O2/c1-7-5-10(11(17-2)6-9(7)13)15-12(16)14-8-3-4-8/h5-6,8H,3-4H2,1-2H3,(H2,14,15,16). The van der Waals surface area contributed by atoms with E-state index in [2.05, 4.69) is 10.6 Å². The van der Waals surface area contributed by atoms with Gasteiger partial charge in [0.25, 0.3) is 0 Å². The molecule has 1 aliphatic carbocycles. The van der Waals surface area contributed by atoms with Crippen molar-refractivity contribution in [1.29, 1.82) is 0 Å². The molecule has 2 N–H and O–H groups in total. The fraction of sp³-hybridized carbons (Fsp3) is 0.417. The summed E-state index contributed by atoms with van der Waals surface area (Å²) >= 11 is 5.99. The number of carbonyl (C=O) groups excluding carboxylic acids is 1. The van der Waals surface area contributed by atoms with Crippen LogP contribution in [0.25, 0.3) is 0 Å². The van der Waals surface area contributed by atoms with Crippen molar-refractivity contribution in [1.82, 2.24) is 5.32 Å². The van der Waals surface area contributed by atoms with Crippen LogP contribution < -0.4 is 15.4 Å². The van der Waals surface area contributed by atoms with Crippen molar-refractivity contribution in [3.63, 3.8) is 0 Å². The number of benzene rings is 1. The van der Waals surface area contributed by atoms with Gasteiger partial charge in [0.1, 0.15) is 5.75 Å². The number of methoxy groups -OCH3 is 1. The second-order valence-electron chi connectivity index (χ2n) is 4.17. The van der Waals surface area contributed by atoms with Gasteiger partial charge in [-0.15, -0.1) is 0 Å². The zero-order chi connectivity index (χ0) is 12.4. The topological polar surface area (TPSA) is 50.4 Å². The fourth-order valence-corrected chi connectivity index (χ4v) is 1.65. The third kappa shape index (κ3) is 3.03. The predicted molar refractivity (Wildman–Crippen MR) is 67.9 cm³/mol. The molecule has 0 atom stereocenters. The van der Waals surface area contributed by atoms with Gasteiger partial charge in [-0.3, -0.25) is 0 Å². The number of anilines is 1. The summed E-state index contributed by atoms with van der Waals surface area (Å²) in [6.07, 6.45) is 2.12. The lowest BCUT2D eigenvalue weighted by molar-refractivity contribution is 0.251. The number of hydrogen-bond donors (Lipinski definition) is 2. The highest BCUT2D eigenvalue weighted by Crippen LogP contribution is 2.31. The summed E-state index contributed by atoms with van der Waals surface area (Å²) in [7, 11) is 1.55. The highest BCUT2D eigenvalue weighted by molar-refractivity contribution is 6.31. The molecule has 0 bridgehead atoms. The fourth-order valence-electron chi connectivity index (χ4n) is 1.50. The maximum Gasteiger partial charge on any atom is 0.319 e. The Morgan fingerprint density at radius 3 is 2.76 bits per heavy atom. The van der Waals surface area contributed by atoms with Crippen molar-refractivity contribution in [3.8, 4) is 5.75 Å². The van der Waals surface area contributed by atoms with Crippen LogP contribution in [0.5, 0.6) is 5.75 Å². The Morgan fingerprint density at radius 1 is 1.47 bits per heavy atom. The van der Waals surface area contributed by atoms with E-state index in [1.807, 2.05) is 6.92 Å². The lowest BCUT2D eigenvalue weighted by Crippen LogP contribution is -2.30. The van der Waals surface area contributed by atoms with Crippen molar-refractivity contribution in [2.75, 3.05) is 12.4 Å². The lowest BCUT2D eigenvalue weighted by Gasteiger charge is -2.12. The van der Waals surface area contributed by atoms with Gasteiger partial charge >= 0.3 is 6.03 Å². The van der Waals surface area contributed by atoms with Crippen LogP contribution in [0.4, 0.5) is 10.5 Å². The Bertz CT molecular complexity index is 444. The van der Waals surface area contributed by atoms with Gasteiger partial charge in [0.05, 0.1) is 12.8 Å². The first kappa shape index (κ1) is 12.0. The predicted octanol–water partition coefficient (Wildman–Crippen LogP) is 2.94. The van der Waals surface area contributed by atoms with E-state index in [0.29, 0.717) is 22.5 Å². The zero-order valence-corrected chi connectivity index (χ0v) is 10.6. The molecule has 4 nitrogen and oxygen atoms in total. The number of amides is 2. The van der Waals surface area contributed by atoms with Gasteiger partial charge in [-0.25, -0.2) is 4.79 Å². The van der Waals surface area contributed by atoms with Gasteiger partial charge in [-0.2, -0.15) is 0 Å². The number of aryl methyl sites for hydroxylation is 1. The van der Waals surface area contributed by atoms with E-state index >= 15 is 0 Å². The molecule has 0 aliphatic heterocycles. The van der Waals surface area contributed by atoms with Crippen molar-refractivity contribution in [2.45, 2.75) is 25.8 Å². The van der Waals surface area contributed by atoms with E-state index in [1.54, 1.807) is 19.2 Å². The number of hydrogen-bond acceptors (Lipinski definition) is 2. The van der Waals surface area contributed by atoms with E-state index in [9.17, 15) is 4.79 Å². The molecule has 0 heterocycles. The number of halogens is 1. The summed E-state index contributed by atoms with van der Waals surface area (Å²) in [5.41, 5.74) is 1.53. The second-order valence-corrected chi connectivity index (χ2v) is 4.58. The average molecular weight is 255 g/mol. The minimum absolute atomic E-state index is 0.201. The van der Waals surface area contributed by atoms with Crippen LogP contribution in [0.15, 0.2) is 12.1 Å². The second kappa shape index (κ2) is 4.84. The zero-order valence-electron chi connectivity index (χ0n) is 9.84. The molecule has 2 amide bonds. The van der Waals surface area contributed by atoms with Crippen LogP contribution in [0.1, 0.15) is 18.4 Å². The molecule has 17 heavy (non-hydrogen) atoms. The smallest absolute Gasteiger partial charge is 0.319 e. The highest BCUT2D eigenvalue weighted by Gasteiger charge is 2.23. The minimum Gasteiger partial charge on any atom is -0.495 e. The molecule has 0 radical (unpaired) electrons. The van der Waals surface area contributed by atoms with Gasteiger partial charge in [-0.1, -0.05) is 11.6 Å². The molecule has 5 heteroatoms. The summed E-state index contributed by atoms with van der Waals surface area (Å²) in [6.45, 7) is 1.88. The quantitative estimate of drug-likeness (QED) is 0.871. The average Bonchev–Trinajstić information content (AvgIpc) is 3.06. The molecule has 1 fully saturated rings. The minimum atomic E-state index is -0.201. The van der Waals surface area contributed by atoms with Crippen LogP contribution in [0.3, 0.4) is 0 Å². The van der Waals surface area contributed by atoms with Crippen LogP contribution in [-0.2, 0) is 0 Å². The Kier molecular flexibility index (Phi) is 3.43. The molecule has 1 aliphatic rings. The number of carbonyl (C=O) groups is 1. The van der Waals surface area contributed by atoms with E-state index in [0.717, 1.165) is 18.4 Å². The molecule has 0 saturated heterocycles. The van der Waals surface area contributed by atoms with E-state index in [4.69, 9.17) is 16.3 Å². The molecule has 2 rings (SSSR count). The molecule has 0 spiro atoms. The molecule has 1 aromatic rings. The van der Waals surface area contributed by atoms with E-state index in [1.165, 1.54) is 0 Å². The Labute approximate surface area is 105 Å². The summed E-state index contributed by atoms with van der Waals surface area (Å²) in [6, 6.07) is 3.62. The molecule has 1 aromatic carbocycles. The van der Waals surface area contributed by atoms with Crippen molar-refractivity contribution in [2.24, 2.45) is 0 Å². The van der Waals surface area contributed by atoms with Crippen LogP contribution in [-0.4, -0.2) is 19.2 Å². The van der Waals surface area contributed by atoms with Gasteiger partial charge in [0.15, 0.2) is 0 Å². The van der Waals surface area contributed by atoms with E-state index in [-0.39, 0.29) is 6.03 Å². The van der Waals surface area contributed by atoms with Gasteiger partial charge < -0.3 is 15.4 Å². The van der Waals surface area contributed by atoms with Crippen LogP contribution in [0, 0.1) is 6.92 Å². The van der Waals surface area contributed by atoms with Crippen LogP contribution >= 0.6 is 11.6 Å². The third-order valence-electron chi connectivity index (χ3n) is 2.64. The van der Waals surface area contributed by atoms with Gasteiger partial charge in [0.2, 0.25) is 0 Å². The van der Waals surface area contributed by atoms with E-state index < -0.39 is 0 Å². The molecule has 1 saturated carbocycles. The first-order valence-electron chi connectivity index (χ1n) is 5.52. The van der Waals surface area contributed by atoms with Crippen molar-refractivity contribution in [3.05, 3.63) is 22.7 Å².